The van der Waals surface area contributed by atoms with E-state index < -0.39 is 20.2 Å². The first kappa shape index (κ1) is 48.5. The molecule has 0 unspecified atom stereocenters. The number of aryl methyl sites for hydroxylation is 2. The van der Waals surface area contributed by atoms with Crippen LogP contribution in [-0.2, 0) is 63.6 Å². The number of rotatable bonds is 33. The van der Waals surface area contributed by atoms with E-state index in [1.54, 1.807) is 36.4 Å². The lowest BCUT2D eigenvalue weighted by Crippen LogP contribution is -2.15. The van der Waals surface area contributed by atoms with E-state index in [1.165, 1.54) is 24.3 Å². The first-order valence-corrected chi connectivity index (χ1v) is 22.4. The van der Waals surface area contributed by atoms with Crippen molar-refractivity contribution in [1.82, 2.24) is 0 Å². The molecule has 0 fully saturated rings. The van der Waals surface area contributed by atoms with Gasteiger partial charge in [-0.3, -0.25) is 8.37 Å². The van der Waals surface area contributed by atoms with Gasteiger partial charge in [0, 0.05) is 0 Å². The Kier molecular flexibility index (Phi) is 22.4. The molecule has 0 radical (unpaired) electrons. The minimum Gasteiger partial charge on any atom is -0.487 e. The number of hydrogen-bond acceptors (Lipinski definition) is 15. The van der Waals surface area contributed by atoms with Crippen LogP contribution < -0.4 is 14.2 Å². The van der Waals surface area contributed by atoms with Gasteiger partial charge in [0.1, 0.15) is 19.8 Å². The van der Waals surface area contributed by atoms with E-state index in [4.69, 9.17) is 51.0 Å². The highest BCUT2D eigenvalue weighted by Gasteiger charge is 2.16. The Labute approximate surface area is 353 Å². The van der Waals surface area contributed by atoms with Gasteiger partial charge in [0.15, 0.2) is 11.5 Å². The van der Waals surface area contributed by atoms with E-state index in [1.807, 2.05) is 50.2 Å². The van der Waals surface area contributed by atoms with Crippen LogP contribution >= 0.6 is 0 Å². The highest BCUT2D eigenvalue weighted by atomic mass is 32.2. The zero-order valence-electron chi connectivity index (χ0n) is 34.2. The van der Waals surface area contributed by atoms with Crippen molar-refractivity contribution in [2.45, 2.75) is 30.2 Å². The summed E-state index contributed by atoms with van der Waals surface area (Å²) in [5.74, 6) is 1.48. The van der Waals surface area contributed by atoms with Crippen LogP contribution in [0.4, 0.5) is 0 Å². The van der Waals surface area contributed by atoms with Gasteiger partial charge < -0.3 is 42.6 Å². The molecule has 330 valence electrons. The Balaban J connectivity index is 1.04. The average Bonchev–Trinajstić information content (AvgIpc) is 3.24. The zero-order chi connectivity index (χ0) is 42.7. The molecule has 0 saturated carbocycles. The lowest BCUT2D eigenvalue weighted by Gasteiger charge is -2.17. The Hall–Kier alpha value is -4.14. The molecular formula is C43H56O15S2. The maximum atomic E-state index is 12.2. The summed E-state index contributed by atoms with van der Waals surface area (Å²) in [4.78, 5) is 0.217. The summed E-state index contributed by atoms with van der Waals surface area (Å²) in [6, 6.07) is 28.1. The molecule has 4 aromatic rings. The summed E-state index contributed by atoms with van der Waals surface area (Å²) in [6.07, 6.45) is 0. The van der Waals surface area contributed by atoms with Crippen molar-refractivity contribution < 1.29 is 67.8 Å². The number of ether oxygens (including phenoxy) is 9. The highest BCUT2D eigenvalue weighted by molar-refractivity contribution is 7.87. The normalized spacial score (nSPS) is 11.8. The second-order valence-corrected chi connectivity index (χ2v) is 16.1. The molecule has 0 heterocycles. The van der Waals surface area contributed by atoms with Crippen LogP contribution in [0.3, 0.4) is 0 Å². The van der Waals surface area contributed by atoms with Gasteiger partial charge in [0.2, 0.25) is 5.75 Å². The van der Waals surface area contributed by atoms with Gasteiger partial charge >= 0.3 is 0 Å². The molecule has 0 atom stereocenters. The van der Waals surface area contributed by atoms with E-state index in [0.717, 1.165) is 16.7 Å². The fraction of sp³-hybridized carbons (Fsp3) is 0.442. The molecule has 0 spiro atoms. The summed E-state index contributed by atoms with van der Waals surface area (Å²) in [6.45, 7) is 7.84. The molecule has 4 aromatic carbocycles. The van der Waals surface area contributed by atoms with E-state index in [-0.39, 0.29) is 62.6 Å². The molecule has 15 nitrogen and oxygen atoms in total. The van der Waals surface area contributed by atoms with Crippen LogP contribution in [0.15, 0.2) is 107 Å². The summed E-state index contributed by atoms with van der Waals surface area (Å²) < 4.78 is 110. The van der Waals surface area contributed by atoms with Gasteiger partial charge in [-0.25, -0.2) is 0 Å². The number of benzene rings is 4. The van der Waals surface area contributed by atoms with Crippen molar-refractivity contribution in [3.05, 3.63) is 114 Å². The number of hydrogen-bond donors (Lipinski definition) is 0. The van der Waals surface area contributed by atoms with Crippen LogP contribution in [0, 0.1) is 13.8 Å². The van der Waals surface area contributed by atoms with Crippen molar-refractivity contribution in [3.8, 4) is 17.2 Å². The van der Waals surface area contributed by atoms with Gasteiger partial charge in [0.05, 0.1) is 102 Å². The number of para-hydroxylation sites is 1. The van der Waals surface area contributed by atoms with Gasteiger partial charge in [0.25, 0.3) is 20.2 Å². The van der Waals surface area contributed by atoms with Crippen LogP contribution in [0.2, 0.25) is 0 Å². The van der Waals surface area contributed by atoms with Gasteiger partial charge in [-0.1, -0.05) is 71.8 Å². The standard InChI is InChI=1S/C43H56O15S2/c1-36-11-15-39(16-12-36)59(44,45)57-33-29-52-25-21-48-19-23-50-27-31-54-41-9-6-10-42(43(41)56-35-38-7-4-3-5-8-38)55-32-28-51-24-20-49-22-26-53-30-34-58-60(46,47)40-17-13-37(2)14-18-40/h3-18H,19-35H2,1-2H3. The highest BCUT2D eigenvalue weighted by Crippen LogP contribution is 2.38. The van der Waals surface area contributed by atoms with E-state index in [9.17, 15) is 16.8 Å². The largest absolute Gasteiger partial charge is 0.487 e. The first-order chi connectivity index (χ1) is 29.1. The summed E-state index contributed by atoms with van der Waals surface area (Å²) in [5, 5.41) is 0. The molecule has 60 heavy (non-hydrogen) atoms. The molecule has 0 aromatic heterocycles. The summed E-state index contributed by atoms with van der Waals surface area (Å²) in [5.41, 5.74) is 2.91. The molecule has 0 N–H and O–H groups in total. The van der Waals surface area contributed by atoms with Crippen molar-refractivity contribution in [3.63, 3.8) is 0 Å². The minimum absolute atomic E-state index is 0.0919. The second kappa shape index (κ2) is 27.7. The Morgan fingerprint density at radius 2 is 0.717 bits per heavy atom. The SMILES string of the molecule is Cc1ccc(S(=O)(=O)OCCOCCOCCOCCOc2cccc(OCCOCCOCCOCCOS(=O)(=O)c3ccc(C)cc3)c2OCc2ccccc2)cc1. The van der Waals surface area contributed by atoms with Crippen molar-refractivity contribution in [2.24, 2.45) is 0 Å². The Morgan fingerprint density at radius 1 is 0.367 bits per heavy atom. The minimum atomic E-state index is -3.82. The quantitative estimate of drug-likeness (QED) is 0.0431. The predicted molar refractivity (Wildman–Crippen MR) is 222 cm³/mol. The van der Waals surface area contributed by atoms with Crippen molar-refractivity contribution in [2.75, 3.05) is 106 Å². The van der Waals surface area contributed by atoms with Gasteiger partial charge in [-0.2, -0.15) is 16.8 Å². The molecule has 0 aliphatic heterocycles. The average molecular weight is 877 g/mol. The summed E-state index contributed by atoms with van der Waals surface area (Å²) >= 11 is 0. The van der Waals surface area contributed by atoms with E-state index >= 15 is 0 Å². The summed E-state index contributed by atoms with van der Waals surface area (Å²) in [7, 11) is -7.64. The van der Waals surface area contributed by atoms with Crippen LogP contribution in [0.1, 0.15) is 16.7 Å². The zero-order valence-corrected chi connectivity index (χ0v) is 35.8. The molecule has 0 aliphatic carbocycles. The lowest BCUT2D eigenvalue weighted by atomic mass is 10.2. The van der Waals surface area contributed by atoms with Crippen LogP contribution in [-0.4, -0.2) is 123 Å². The molecular weight excluding hydrogens is 821 g/mol. The van der Waals surface area contributed by atoms with Crippen molar-refractivity contribution in [1.29, 1.82) is 0 Å². The van der Waals surface area contributed by atoms with Gasteiger partial charge in [-0.05, 0) is 55.8 Å². The molecule has 4 rings (SSSR count). The fourth-order valence-electron chi connectivity index (χ4n) is 5.05. The maximum absolute atomic E-state index is 12.2. The van der Waals surface area contributed by atoms with Crippen molar-refractivity contribution >= 4 is 20.2 Å². The van der Waals surface area contributed by atoms with E-state index in [2.05, 4.69) is 0 Å². The third-order valence-corrected chi connectivity index (χ3v) is 10.8. The van der Waals surface area contributed by atoms with Crippen LogP contribution in [0.5, 0.6) is 17.2 Å². The third-order valence-electron chi connectivity index (χ3n) is 8.18. The molecule has 0 aliphatic rings. The molecule has 0 bridgehead atoms. The van der Waals surface area contributed by atoms with E-state index in [0.29, 0.717) is 76.7 Å². The van der Waals surface area contributed by atoms with Crippen LogP contribution in [0.25, 0.3) is 0 Å². The second-order valence-electron chi connectivity index (χ2n) is 12.9. The third kappa shape index (κ3) is 19.1. The topological polar surface area (TPSA) is 170 Å². The maximum Gasteiger partial charge on any atom is 0.297 e. The Bertz CT molecular complexity index is 1860. The first-order valence-electron chi connectivity index (χ1n) is 19.6. The molecule has 17 heteroatoms. The molecule has 0 amide bonds. The fourth-order valence-corrected chi connectivity index (χ4v) is 6.84. The van der Waals surface area contributed by atoms with Gasteiger partial charge in [-0.15, -0.1) is 0 Å². The smallest absolute Gasteiger partial charge is 0.297 e. The Morgan fingerprint density at radius 3 is 1.10 bits per heavy atom. The monoisotopic (exact) mass is 876 g/mol. The predicted octanol–water partition coefficient (Wildman–Crippen LogP) is 5.55. The molecule has 0 saturated heterocycles. The lowest BCUT2D eigenvalue weighted by molar-refractivity contribution is 0.00466.